The molecule has 2 aromatic carbocycles. The summed E-state index contributed by atoms with van der Waals surface area (Å²) in [5, 5.41) is 9.74. The highest BCUT2D eigenvalue weighted by Crippen LogP contribution is 2.58. The second-order valence-corrected chi connectivity index (χ2v) is 10.5. The lowest BCUT2D eigenvalue weighted by molar-refractivity contribution is -0.142. The Hall–Kier alpha value is -3.20. The summed E-state index contributed by atoms with van der Waals surface area (Å²) in [5.74, 6) is 0.0285. The molecule has 2 aliphatic rings. The first-order valence-corrected chi connectivity index (χ1v) is 12.4. The predicted octanol–water partition coefficient (Wildman–Crippen LogP) is 6.41. The number of nitrogens with zero attached hydrogens (tertiary/aromatic N) is 4. The van der Waals surface area contributed by atoms with E-state index in [1.807, 2.05) is 61.9 Å². The number of alkyl halides is 3. The second-order valence-electron chi connectivity index (χ2n) is 9.46. The number of thioether (sulfide) groups is 1. The van der Waals surface area contributed by atoms with E-state index < -0.39 is 23.4 Å². The lowest BCUT2D eigenvalue weighted by atomic mass is 9.72. The molecular formula is C26H23F3N4OS. The van der Waals surface area contributed by atoms with Gasteiger partial charge >= 0.3 is 6.18 Å². The second kappa shape index (κ2) is 7.65. The third kappa shape index (κ3) is 3.39. The first-order chi connectivity index (χ1) is 16.7. The number of ether oxygens (including phenoxy) is 1. The molecule has 0 saturated heterocycles. The Morgan fingerprint density at radius 2 is 1.51 bits per heavy atom. The summed E-state index contributed by atoms with van der Waals surface area (Å²) in [7, 11) is 0. The number of hydrogen-bond acceptors (Lipinski definition) is 4. The van der Waals surface area contributed by atoms with Crippen LogP contribution in [0.1, 0.15) is 42.3 Å². The zero-order valence-electron chi connectivity index (χ0n) is 19.4. The third-order valence-corrected chi connectivity index (χ3v) is 8.08. The van der Waals surface area contributed by atoms with Crippen LogP contribution in [0.4, 0.5) is 13.2 Å². The zero-order chi connectivity index (χ0) is 24.5. The van der Waals surface area contributed by atoms with Gasteiger partial charge in [0.2, 0.25) is 5.88 Å². The standard InChI is InChI=1S/C26H23F3N4OS/c1-15-19-20-18(14-35-24(19)33(30-15)17-12-8-5-9-13-17)25(2,3)34-23-21(20)22(26(27,28)29)31-32(23)16-10-6-4-7-11-16/h4-13,18,20H,14H2,1-3H3/t18-,20+/m0/s1. The van der Waals surface area contributed by atoms with Crippen LogP contribution >= 0.6 is 11.8 Å². The Morgan fingerprint density at radius 1 is 0.914 bits per heavy atom. The molecule has 4 aromatic rings. The molecule has 9 heteroatoms. The van der Waals surface area contributed by atoms with Crippen molar-refractivity contribution >= 4 is 11.8 Å². The van der Waals surface area contributed by atoms with E-state index in [0.717, 1.165) is 22.0 Å². The van der Waals surface area contributed by atoms with Crippen LogP contribution in [0, 0.1) is 12.8 Å². The van der Waals surface area contributed by atoms with Crippen molar-refractivity contribution in [1.82, 2.24) is 19.6 Å². The largest absolute Gasteiger partial charge is 0.471 e. The van der Waals surface area contributed by atoms with Gasteiger partial charge in [-0.05, 0) is 45.0 Å². The first kappa shape index (κ1) is 22.3. The van der Waals surface area contributed by atoms with Gasteiger partial charge in [0.15, 0.2) is 5.69 Å². The number of fused-ring (bicyclic) bond motifs is 5. The van der Waals surface area contributed by atoms with Crippen LogP contribution in [0.2, 0.25) is 0 Å². The van der Waals surface area contributed by atoms with Gasteiger partial charge in [0.25, 0.3) is 0 Å². The van der Waals surface area contributed by atoms with E-state index in [1.54, 1.807) is 36.0 Å². The average Bonchev–Trinajstić information content (AvgIpc) is 3.38. The van der Waals surface area contributed by atoms with Gasteiger partial charge in [0.1, 0.15) is 10.6 Å². The summed E-state index contributed by atoms with van der Waals surface area (Å²) in [6, 6.07) is 18.5. The molecule has 2 aromatic heterocycles. The Bertz CT molecular complexity index is 1410. The fraction of sp³-hybridized carbons (Fsp3) is 0.308. The normalized spacial score (nSPS) is 20.5. The number of benzene rings is 2. The molecule has 4 heterocycles. The van der Waals surface area contributed by atoms with E-state index in [0.29, 0.717) is 11.4 Å². The van der Waals surface area contributed by atoms with Gasteiger partial charge in [-0.15, -0.1) is 11.8 Å². The van der Waals surface area contributed by atoms with Crippen LogP contribution in [-0.4, -0.2) is 30.9 Å². The summed E-state index contributed by atoms with van der Waals surface area (Å²) in [6.45, 7) is 5.77. The van der Waals surface area contributed by atoms with Crippen molar-refractivity contribution in [2.24, 2.45) is 5.92 Å². The molecule has 0 unspecified atom stereocenters. The van der Waals surface area contributed by atoms with Crippen LogP contribution in [0.25, 0.3) is 11.4 Å². The van der Waals surface area contributed by atoms with Crippen LogP contribution in [-0.2, 0) is 6.18 Å². The monoisotopic (exact) mass is 496 g/mol. The smallest absolute Gasteiger partial charge is 0.435 e. The van der Waals surface area contributed by atoms with Gasteiger partial charge < -0.3 is 4.74 Å². The van der Waals surface area contributed by atoms with Gasteiger partial charge in [0.05, 0.1) is 22.6 Å². The highest BCUT2D eigenvalue weighted by molar-refractivity contribution is 7.99. The van der Waals surface area contributed by atoms with Crippen molar-refractivity contribution in [1.29, 1.82) is 0 Å². The minimum absolute atomic E-state index is 0.0999. The predicted molar refractivity (Wildman–Crippen MR) is 128 cm³/mol. The minimum Gasteiger partial charge on any atom is -0.471 e. The molecule has 5 nitrogen and oxygen atoms in total. The molecule has 0 amide bonds. The Labute approximate surface area is 204 Å². The lowest BCUT2D eigenvalue weighted by Gasteiger charge is -2.46. The first-order valence-electron chi connectivity index (χ1n) is 11.4. The Morgan fingerprint density at radius 3 is 2.11 bits per heavy atom. The fourth-order valence-electron chi connectivity index (χ4n) is 5.24. The number of aryl methyl sites for hydroxylation is 1. The van der Waals surface area contributed by atoms with Gasteiger partial charge in [-0.1, -0.05) is 36.4 Å². The van der Waals surface area contributed by atoms with Gasteiger partial charge in [0, 0.05) is 23.2 Å². The minimum atomic E-state index is -4.63. The lowest BCUT2D eigenvalue weighted by Crippen LogP contribution is -2.48. The third-order valence-electron chi connectivity index (χ3n) is 6.89. The van der Waals surface area contributed by atoms with Crippen molar-refractivity contribution in [3.05, 3.63) is 83.2 Å². The molecule has 0 bridgehead atoms. The van der Waals surface area contributed by atoms with Crippen LogP contribution < -0.4 is 4.74 Å². The quantitative estimate of drug-likeness (QED) is 0.322. The molecule has 180 valence electrons. The SMILES string of the molecule is Cc1nn(-c2ccccc2)c2c1[C@@H]1c3c(C(F)(F)F)nn(-c4ccccc4)c3OC(C)(C)[C@H]1CS2. The van der Waals surface area contributed by atoms with E-state index in [-0.39, 0.29) is 17.4 Å². The molecule has 35 heavy (non-hydrogen) atoms. The van der Waals surface area contributed by atoms with E-state index in [1.165, 1.54) is 4.68 Å². The van der Waals surface area contributed by atoms with Crippen molar-refractivity contribution in [2.45, 2.75) is 43.5 Å². The van der Waals surface area contributed by atoms with E-state index in [2.05, 4.69) is 5.10 Å². The van der Waals surface area contributed by atoms with E-state index in [4.69, 9.17) is 9.84 Å². The summed E-state index contributed by atoms with van der Waals surface area (Å²) >= 11 is 1.62. The fourth-order valence-corrected chi connectivity index (χ4v) is 6.87. The highest BCUT2D eigenvalue weighted by Gasteiger charge is 2.55. The van der Waals surface area contributed by atoms with Crippen LogP contribution in [0.5, 0.6) is 5.88 Å². The Balaban J connectivity index is 1.64. The topological polar surface area (TPSA) is 44.9 Å². The molecule has 0 radical (unpaired) electrons. The molecule has 0 spiro atoms. The van der Waals surface area contributed by atoms with Crippen molar-refractivity contribution < 1.29 is 17.9 Å². The molecule has 0 N–H and O–H groups in total. The maximum absolute atomic E-state index is 14.4. The summed E-state index contributed by atoms with van der Waals surface area (Å²) in [4.78, 5) is 0. The maximum atomic E-state index is 14.4. The number of halogens is 3. The van der Waals surface area contributed by atoms with Gasteiger partial charge in [-0.3, -0.25) is 0 Å². The molecule has 0 fully saturated rings. The van der Waals surface area contributed by atoms with Gasteiger partial charge in [-0.25, -0.2) is 9.36 Å². The summed E-state index contributed by atoms with van der Waals surface area (Å²) < 4.78 is 52.8. The van der Waals surface area contributed by atoms with E-state index in [9.17, 15) is 13.2 Å². The van der Waals surface area contributed by atoms with Crippen LogP contribution in [0.15, 0.2) is 65.7 Å². The number of aromatic nitrogens is 4. The Kier molecular flexibility index (Phi) is 4.87. The van der Waals surface area contributed by atoms with Gasteiger partial charge in [-0.2, -0.15) is 23.4 Å². The number of rotatable bonds is 2. The van der Waals surface area contributed by atoms with E-state index >= 15 is 0 Å². The summed E-state index contributed by atoms with van der Waals surface area (Å²) in [5.41, 5.74) is 1.44. The average molecular weight is 497 g/mol. The molecule has 6 rings (SSSR count). The molecule has 0 aliphatic carbocycles. The molecule has 2 aliphatic heterocycles. The number of hydrogen-bond donors (Lipinski definition) is 0. The van der Waals surface area contributed by atoms with Crippen molar-refractivity contribution in [3.63, 3.8) is 0 Å². The summed E-state index contributed by atoms with van der Waals surface area (Å²) in [6.07, 6.45) is -4.63. The van der Waals surface area contributed by atoms with Crippen LogP contribution in [0.3, 0.4) is 0 Å². The molecular weight excluding hydrogens is 473 g/mol. The maximum Gasteiger partial charge on any atom is 0.435 e. The van der Waals surface area contributed by atoms with Crippen molar-refractivity contribution in [2.75, 3.05) is 5.75 Å². The zero-order valence-corrected chi connectivity index (χ0v) is 20.2. The molecule has 0 saturated carbocycles. The highest BCUT2D eigenvalue weighted by atomic mass is 32.2. The number of para-hydroxylation sites is 2. The van der Waals surface area contributed by atoms with Crippen molar-refractivity contribution in [3.8, 4) is 17.3 Å². The molecule has 2 atom stereocenters.